The largest absolute Gasteiger partial charge is 0.462 e. The van der Waals surface area contributed by atoms with Crippen LogP contribution in [0.3, 0.4) is 0 Å². The quantitative estimate of drug-likeness (QED) is 0.658. The summed E-state index contributed by atoms with van der Waals surface area (Å²) in [6, 6.07) is 7.03. The van der Waals surface area contributed by atoms with Gasteiger partial charge in [-0.25, -0.2) is 14.8 Å². The van der Waals surface area contributed by atoms with Crippen LogP contribution >= 0.6 is 0 Å². The fourth-order valence-electron chi connectivity index (χ4n) is 2.74. The van der Waals surface area contributed by atoms with E-state index in [0.29, 0.717) is 39.1 Å². The number of aromatic amines is 1. The number of carbonyl (C=O) groups is 2. The number of anilines is 1. The van der Waals surface area contributed by atoms with Crippen LogP contribution in [0.25, 0.3) is 22.3 Å². The highest BCUT2D eigenvalue weighted by Gasteiger charge is 2.20. The molecular weight excluding hydrogens is 358 g/mol. The highest BCUT2D eigenvalue weighted by atomic mass is 16.5. The van der Waals surface area contributed by atoms with Crippen LogP contribution in [0.1, 0.15) is 36.7 Å². The second-order valence-electron chi connectivity index (χ2n) is 6.42. The first-order chi connectivity index (χ1) is 13.4. The maximum absolute atomic E-state index is 12.3. The molecule has 0 unspecified atom stereocenters. The topological polar surface area (TPSA) is 121 Å². The summed E-state index contributed by atoms with van der Waals surface area (Å²) in [4.78, 5) is 35.8. The lowest BCUT2D eigenvalue weighted by atomic mass is 10.0. The molecule has 0 radical (unpaired) electrons. The van der Waals surface area contributed by atoms with Crippen LogP contribution < -0.4 is 5.32 Å². The lowest BCUT2D eigenvalue weighted by Gasteiger charge is -2.11. The average Bonchev–Trinajstić information content (AvgIpc) is 3.12. The number of hydrogen-bond donors (Lipinski definition) is 2. The minimum Gasteiger partial charge on any atom is -0.462 e. The van der Waals surface area contributed by atoms with Gasteiger partial charge in [-0.2, -0.15) is 5.26 Å². The number of benzene rings is 1. The first kappa shape index (κ1) is 19.0. The fraction of sp³-hybridized carbons (Fsp3) is 0.250. The molecule has 8 nitrogen and oxygen atoms in total. The van der Waals surface area contributed by atoms with E-state index in [9.17, 15) is 14.9 Å². The van der Waals surface area contributed by atoms with Gasteiger partial charge in [-0.05, 0) is 25.1 Å². The van der Waals surface area contributed by atoms with Crippen LogP contribution in [-0.4, -0.2) is 33.4 Å². The molecule has 0 saturated heterocycles. The normalized spacial score (nSPS) is 10.7. The number of nitrogens with one attached hydrogen (secondary N) is 2. The van der Waals surface area contributed by atoms with Crippen molar-refractivity contribution in [2.45, 2.75) is 20.8 Å². The molecule has 8 heteroatoms. The van der Waals surface area contributed by atoms with Gasteiger partial charge in [0.2, 0.25) is 5.91 Å². The number of rotatable bonds is 5. The number of carbonyl (C=O) groups excluding carboxylic acids is 2. The van der Waals surface area contributed by atoms with Crippen molar-refractivity contribution in [1.29, 1.82) is 5.26 Å². The van der Waals surface area contributed by atoms with E-state index in [1.807, 2.05) is 0 Å². The Balaban J connectivity index is 2.16. The van der Waals surface area contributed by atoms with E-state index in [-0.39, 0.29) is 18.4 Å². The van der Waals surface area contributed by atoms with Gasteiger partial charge in [-0.1, -0.05) is 13.8 Å². The van der Waals surface area contributed by atoms with Crippen LogP contribution in [0, 0.1) is 17.2 Å². The summed E-state index contributed by atoms with van der Waals surface area (Å²) in [5, 5.41) is 12.7. The summed E-state index contributed by atoms with van der Waals surface area (Å²) in [6.45, 7) is 5.53. The van der Waals surface area contributed by atoms with Gasteiger partial charge in [0, 0.05) is 23.4 Å². The Labute approximate surface area is 161 Å². The second kappa shape index (κ2) is 7.88. The van der Waals surface area contributed by atoms with E-state index >= 15 is 0 Å². The van der Waals surface area contributed by atoms with E-state index in [2.05, 4.69) is 26.3 Å². The maximum atomic E-state index is 12.3. The van der Waals surface area contributed by atoms with Crippen molar-refractivity contribution in [3.63, 3.8) is 0 Å². The molecule has 0 atom stereocenters. The zero-order valence-corrected chi connectivity index (χ0v) is 15.7. The van der Waals surface area contributed by atoms with E-state index in [1.54, 1.807) is 39.0 Å². The third-order valence-corrected chi connectivity index (χ3v) is 4.09. The standard InChI is InChI=1S/C20H19N5O3/c1-4-28-20(27)15-9-22-18-16(15)17(23-10-24-18)13-5-12(8-21)6-14(7-13)25-19(26)11(2)3/h5-7,9-11H,4H2,1-3H3,(H,25,26)(H,22,23,24). The van der Waals surface area contributed by atoms with Crippen molar-refractivity contribution < 1.29 is 14.3 Å². The van der Waals surface area contributed by atoms with Gasteiger partial charge >= 0.3 is 5.97 Å². The monoisotopic (exact) mass is 377 g/mol. The van der Waals surface area contributed by atoms with Gasteiger partial charge in [0.05, 0.1) is 34.9 Å². The van der Waals surface area contributed by atoms with Gasteiger partial charge < -0.3 is 15.0 Å². The molecule has 0 spiro atoms. The first-order valence-electron chi connectivity index (χ1n) is 8.80. The number of amides is 1. The van der Waals surface area contributed by atoms with Gasteiger partial charge in [0.25, 0.3) is 0 Å². The van der Waals surface area contributed by atoms with Gasteiger partial charge in [0.1, 0.15) is 12.0 Å². The molecular formula is C20H19N5O3. The fourth-order valence-corrected chi connectivity index (χ4v) is 2.74. The van der Waals surface area contributed by atoms with E-state index in [4.69, 9.17) is 4.74 Å². The average molecular weight is 377 g/mol. The highest BCUT2D eigenvalue weighted by molar-refractivity contribution is 6.08. The molecule has 1 aromatic carbocycles. The number of H-pyrrole nitrogens is 1. The van der Waals surface area contributed by atoms with Crippen molar-refractivity contribution in [3.05, 3.63) is 41.9 Å². The van der Waals surface area contributed by atoms with Crippen molar-refractivity contribution in [2.75, 3.05) is 11.9 Å². The molecule has 2 heterocycles. The summed E-state index contributed by atoms with van der Waals surface area (Å²) in [5.74, 6) is -0.864. The van der Waals surface area contributed by atoms with Gasteiger partial charge in [-0.15, -0.1) is 0 Å². The minimum atomic E-state index is -0.491. The Morgan fingerprint density at radius 3 is 2.75 bits per heavy atom. The number of ether oxygens (including phenoxy) is 1. The number of fused-ring (bicyclic) bond motifs is 1. The molecule has 0 saturated carbocycles. The second-order valence-corrected chi connectivity index (χ2v) is 6.42. The molecule has 0 aliphatic rings. The van der Waals surface area contributed by atoms with Crippen molar-refractivity contribution in [3.8, 4) is 17.3 Å². The molecule has 3 aromatic rings. The van der Waals surface area contributed by atoms with Crippen molar-refractivity contribution >= 4 is 28.6 Å². The molecule has 0 aliphatic heterocycles. The smallest absolute Gasteiger partial charge is 0.340 e. The van der Waals surface area contributed by atoms with Crippen LogP contribution in [-0.2, 0) is 9.53 Å². The van der Waals surface area contributed by atoms with Gasteiger partial charge in [-0.3, -0.25) is 4.79 Å². The number of nitrogens with zero attached hydrogens (tertiary/aromatic N) is 3. The third kappa shape index (κ3) is 3.69. The first-order valence-corrected chi connectivity index (χ1v) is 8.80. The Morgan fingerprint density at radius 2 is 2.07 bits per heavy atom. The molecule has 3 rings (SSSR count). The Kier molecular flexibility index (Phi) is 5.36. The predicted octanol–water partition coefficient (Wildman–Crippen LogP) is 3.27. The third-order valence-electron chi connectivity index (χ3n) is 4.09. The Hall–Kier alpha value is -3.73. The van der Waals surface area contributed by atoms with E-state index < -0.39 is 5.97 Å². The number of nitriles is 1. The predicted molar refractivity (Wildman–Crippen MR) is 103 cm³/mol. The molecule has 0 fully saturated rings. The summed E-state index contributed by atoms with van der Waals surface area (Å²) >= 11 is 0. The maximum Gasteiger partial charge on any atom is 0.340 e. The number of hydrogen-bond acceptors (Lipinski definition) is 6. The molecule has 2 aromatic heterocycles. The SMILES string of the molecule is CCOC(=O)c1c[nH]c2ncnc(-c3cc(C#N)cc(NC(=O)C(C)C)c3)c12. The van der Waals surface area contributed by atoms with E-state index in [0.717, 1.165) is 0 Å². The Bertz CT molecular complexity index is 1090. The lowest BCUT2D eigenvalue weighted by molar-refractivity contribution is -0.118. The lowest BCUT2D eigenvalue weighted by Crippen LogP contribution is -2.17. The molecule has 2 N–H and O–H groups in total. The zero-order valence-electron chi connectivity index (χ0n) is 15.7. The van der Waals surface area contributed by atoms with Crippen LogP contribution in [0.2, 0.25) is 0 Å². The van der Waals surface area contributed by atoms with Crippen molar-refractivity contribution in [2.24, 2.45) is 5.92 Å². The molecule has 142 valence electrons. The summed E-state index contributed by atoms with van der Waals surface area (Å²) in [6.07, 6.45) is 2.89. The van der Waals surface area contributed by atoms with Crippen LogP contribution in [0.5, 0.6) is 0 Å². The Morgan fingerprint density at radius 1 is 1.29 bits per heavy atom. The minimum absolute atomic E-state index is 0.164. The molecule has 1 amide bonds. The van der Waals surface area contributed by atoms with Crippen LogP contribution in [0.4, 0.5) is 5.69 Å². The van der Waals surface area contributed by atoms with Crippen molar-refractivity contribution in [1.82, 2.24) is 15.0 Å². The highest BCUT2D eigenvalue weighted by Crippen LogP contribution is 2.31. The number of aromatic nitrogens is 3. The van der Waals surface area contributed by atoms with Gasteiger partial charge in [0.15, 0.2) is 0 Å². The molecule has 28 heavy (non-hydrogen) atoms. The van der Waals surface area contributed by atoms with Crippen LogP contribution in [0.15, 0.2) is 30.7 Å². The molecule has 0 aliphatic carbocycles. The molecule has 0 bridgehead atoms. The summed E-state index contributed by atoms with van der Waals surface area (Å²) < 4.78 is 5.11. The number of esters is 1. The summed E-state index contributed by atoms with van der Waals surface area (Å²) in [5.41, 5.74) is 2.66. The zero-order chi connectivity index (χ0) is 20.3. The summed E-state index contributed by atoms with van der Waals surface area (Å²) in [7, 11) is 0. The van der Waals surface area contributed by atoms with E-state index in [1.165, 1.54) is 12.5 Å².